The van der Waals surface area contributed by atoms with Gasteiger partial charge in [0.15, 0.2) is 16.5 Å². The van der Waals surface area contributed by atoms with Crippen LogP contribution in [0.25, 0.3) is 27.5 Å². The van der Waals surface area contributed by atoms with Gasteiger partial charge in [-0.1, -0.05) is 30.3 Å². The van der Waals surface area contributed by atoms with Crippen LogP contribution in [0.15, 0.2) is 53.9 Å². The third-order valence-electron chi connectivity index (χ3n) is 4.43. The maximum absolute atomic E-state index is 9.39. The number of nitriles is 1. The van der Waals surface area contributed by atoms with Crippen LogP contribution in [0.1, 0.15) is 5.69 Å². The third-order valence-corrected chi connectivity index (χ3v) is 5.26. The van der Waals surface area contributed by atoms with Gasteiger partial charge < -0.3 is 9.47 Å². The normalized spacial score (nSPS) is 10.7. The van der Waals surface area contributed by atoms with Crippen molar-refractivity contribution in [2.24, 2.45) is 0 Å². The van der Waals surface area contributed by atoms with Crippen molar-refractivity contribution in [3.8, 4) is 40.1 Å². The summed E-state index contributed by atoms with van der Waals surface area (Å²) in [7, 11) is 3.24. The summed E-state index contributed by atoms with van der Waals surface area (Å²) in [6.45, 7) is 0. The lowest BCUT2D eigenvalue weighted by Crippen LogP contribution is -1.96. The summed E-state index contributed by atoms with van der Waals surface area (Å²) in [5.41, 5.74) is 4.72. The standard InChI is InChI=1S/C21H17N3O2S/c1-25-18-9-8-15(12-19(18)26-2)17-13-27-21-23-20(14-6-4-3-5-7-14)16(10-11-22)24(17)21/h3-9,12-13H,10H2,1-2H3. The minimum Gasteiger partial charge on any atom is -0.493 e. The van der Waals surface area contributed by atoms with E-state index in [1.807, 2.05) is 48.5 Å². The van der Waals surface area contributed by atoms with E-state index in [-0.39, 0.29) is 6.42 Å². The van der Waals surface area contributed by atoms with Gasteiger partial charge in [-0.3, -0.25) is 4.40 Å². The highest BCUT2D eigenvalue weighted by molar-refractivity contribution is 7.15. The predicted octanol–water partition coefficient (Wildman–Crippen LogP) is 4.81. The Morgan fingerprint density at radius 3 is 2.52 bits per heavy atom. The van der Waals surface area contributed by atoms with Crippen molar-refractivity contribution in [3.05, 3.63) is 59.6 Å². The lowest BCUT2D eigenvalue weighted by atomic mass is 10.1. The Hall–Kier alpha value is -3.30. The molecule has 0 atom stereocenters. The summed E-state index contributed by atoms with van der Waals surface area (Å²) in [6.07, 6.45) is 0.280. The molecule has 0 bridgehead atoms. The summed E-state index contributed by atoms with van der Waals surface area (Å²) < 4.78 is 12.8. The molecule has 0 aliphatic carbocycles. The van der Waals surface area contributed by atoms with Gasteiger partial charge in [0.1, 0.15) is 0 Å². The topological polar surface area (TPSA) is 59.5 Å². The molecule has 0 saturated carbocycles. The van der Waals surface area contributed by atoms with Crippen molar-refractivity contribution in [1.82, 2.24) is 9.38 Å². The molecule has 0 radical (unpaired) electrons. The van der Waals surface area contributed by atoms with Crippen LogP contribution in [0.5, 0.6) is 11.5 Å². The van der Waals surface area contributed by atoms with Gasteiger partial charge in [-0.25, -0.2) is 4.98 Å². The van der Waals surface area contributed by atoms with Crippen LogP contribution in [0.4, 0.5) is 0 Å². The smallest absolute Gasteiger partial charge is 0.194 e. The maximum Gasteiger partial charge on any atom is 0.194 e. The van der Waals surface area contributed by atoms with Gasteiger partial charge in [-0.05, 0) is 18.2 Å². The molecule has 0 aliphatic rings. The number of ether oxygens (including phenoxy) is 2. The van der Waals surface area contributed by atoms with Crippen molar-refractivity contribution in [1.29, 1.82) is 5.26 Å². The fourth-order valence-electron chi connectivity index (χ4n) is 3.18. The SMILES string of the molecule is COc1ccc(-c2csc3nc(-c4ccccc4)c(CC#N)n23)cc1OC. The van der Waals surface area contributed by atoms with E-state index in [0.717, 1.165) is 33.2 Å². The number of nitrogens with zero attached hydrogens (tertiary/aromatic N) is 3. The summed E-state index contributed by atoms with van der Waals surface area (Å²) in [6, 6.07) is 18.1. The van der Waals surface area contributed by atoms with Crippen molar-refractivity contribution >= 4 is 16.3 Å². The zero-order valence-corrected chi connectivity index (χ0v) is 15.8. The van der Waals surface area contributed by atoms with E-state index in [1.165, 1.54) is 0 Å². The van der Waals surface area contributed by atoms with E-state index in [1.54, 1.807) is 25.6 Å². The van der Waals surface area contributed by atoms with Crippen molar-refractivity contribution in [2.45, 2.75) is 6.42 Å². The quantitative estimate of drug-likeness (QED) is 0.502. The van der Waals surface area contributed by atoms with E-state index < -0.39 is 0 Å². The predicted molar refractivity (Wildman–Crippen MR) is 106 cm³/mol. The van der Waals surface area contributed by atoms with E-state index in [0.29, 0.717) is 11.5 Å². The Morgan fingerprint density at radius 2 is 1.81 bits per heavy atom. The number of hydrogen-bond donors (Lipinski definition) is 0. The molecule has 2 heterocycles. The molecule has 0 fully saturated rings. The highest BCUT2D eigenvalue weighted by Gasteiger charge is 2.19. The Labute approximate surface area is 161 Å². The number of hydrogen-bond acceptors (Lipinski definition) is 5. The summed E-state index contributed by atoms with van der Waals surface area (Å²) in [5.74, 6) is 1.35. The first-order chi connectivity index (χ1) is 13.3. The Balaban J connectivity index is 1.93. The molecule has 6 heteroatoms. The number of thiazole rings is 1. The first kappa shape index (κ1) is 17.1. The second kappa shape index (κ2) is 7.14. The van der Waals surface area contributed by atoms with Gasteiger partial charge in [0, 0.05) is 16.5 Å². The lowest BCUT2D eigenvalue weighted by molar-refractivity contribution is 0.355. The molecule has 27 heavy (non-hydrogen) atoms. The van der Waals surface area contributed by atoms with Crippen LogP contribution >= 0.6 is 11.3 Å². The van der Waals surface area contributed by atoms with E-state index in [9.17, 15) is 5.26 Å². The Kier molecular flexibility index (Phi) is 4.53. The summed E-state index contributed by atoms with van der Waals surface area (Å²) >= 11 is 1.56. The zero-order valence-electron chi connectivity index (χ0n) is 15.0. The number of rotatable bonds is 5. The minimum atomic E-state index is 0.280. The van der Waals surface area contributed by atoms with Gasteiger partial charge in [0.2, 0.25) is 0 Å². The van der Waals surface area contributed by atoms with E-state index in [2.05, 4.69) is 15.8 Å². The highest BCUT2D eigenvalue weighted by Crippen LogP contribution is 2.36. The fraction of sp³-hybridized carbons (Fsp3) is 0.143. The molecule has 0 N–H and O–H groups in total. The van der Waals surface area contributed by atoms with Gasteiger partial charge >= 0.3 is 0 Å². The number of methoxy groups -OCH3 is 2. The average molecular weight is 375 g/mol. The fourth-order valence-corrected chi connectivity index (χ4v) is 4.09. The number of imidazole rings is 1. The highest BCUT2D eigenvalue weighted by atomic mass is 32.1. The molecular weight excluding hydrogens is 358 g/mol. The van der Waals surface area contributed by atoms with Crippen LogP contribution in [0, 0.1) is 11.3 Å². The van der Waals surface area contributed by atoms with Crippen LogP contribution in [0.3, 0.4) is 0 Å². The van der Waals surface area contributed by atoms with Crippen LogP contribution < -0.4 is 9.47 Å². The monoisotopic (exact) mass is 375 g/mol. The Morgan fingerprint density at radius 1 is 1.04 bits per heavy atom. The molecule has 2 aromatic heterocycles. The average Bonchev–Trinajstić information content (AvgIpc) is 3.28. The van der Waals surface area contributed by atoms with Crippen LogP contribution in [0.2, 0.25) is 0 Å². The molecule has 134 valence electrons. The maximum atomic E-state index is 9.39. The lowest BCUT2D eigenvalue weighted by Gasteiger charge is -2.10. The van der Waals surface area contributed by atoms with E-state index >= 15 is 0 Å². The van der Waals surface area contributed by atoms with Crippen molar-refractivity contribution in [2.75, 3.05) is 14.2 Å². The summed E-state index contributed by atoms with van der Waals surface area (Å²) in [4.78, 5) is 5.66. The van der Waals surface area contributed by atoms with Crippen molar-refractivity contribution in [3.63, 3.8) is 0 Å². The molecule has 4 aromatic rings. The number of fused-ring (bicyclic) bond motifs is 1. The Bertz CT molecular complexity index is 1140. The number of benzene rings is 2. The molecule has 0 aliphatic heterocycles. The molecule has 0 unspecified atom stereocenters. The molecule has 0 saturated heterocycles. The van der Waals surface area contributed by atoms with E-state index in [4.69, 9.17) is 14.5 Å². The van der Waals surface area contributed by atoms with Gasteiger partial charge in [-0.15, -0.1) is 11.3 Å². The second-order valence-corrected chi connectivity index (χ2v) is 6.75. The largest absolute Gasteiger partial charge is 0.493 e. The van der Waals surface area contributed by atoms with Crippen LogP contribution in [-0.2, 0) is 6.42 Å². The zero-order chi connectivity index (χ0) is 18.8. The van der Waals surface area contributed by atoms with Crippen molar-refractivity contribution < 1.29 is 9.47 Å². The molecule has 4 rings (SSSR count). The minimum absolute atomic E-state index is 0.280. The molecular formula is C21H17N3O2S. The third kappa shape index (κ3) is 2.92. The van der Waals surface area contributed by atoms with Gasteiger partial charge in [0.25, 0.3) is 0 Å². The first-order valence-corrected chi connectivity index (χ1v) is 9.28. The summed E-state index contributed by atoms with van der Waals surface area (Å²) in [5, 5.41) is 11.4. The second-order valence-electron chi connectivity index (χ2n) is 5.92. The van der Waals surface area contributed by atoms with Crippen LogP contribution in [-0.4, -0.2) is 23.6 Å². The molecule has 0 amide bonds. The van der Waals surface area contributed by atoms with Gasteiger partial charge in [0.05, 0.1) is 43.8 Å². The molecule has 0 spiro atoms. The molecule has 2 aromatic carbocycles. The first-order valence-electron chi connectivity index (χ1n) is 8.40. The van der Waals surface area contributed by atoms with Gasteiger partial charge in [-0.2, -0.15) is 5.26 Å². The molecule has 5 nitrogen and oxygen atoms in total. The number of aromatic nitrogens is 2.